The lowest BCUT2D eigenvalue weighted by molar-refractivity contribution is 0.0965. The molecule has 1 aliphatic rings. The van der Waals surface area contributed by atoms with Gasteiger partial charge >= 0.3 is 0 Å². The number of carbonyl (C=O) groups is 1. The Bertz CT molecular complexity index is 1320. The summed E-state index contributed by atoms with van der Waals surface area (Å²) in [6, 6.07) is 14.3. The highest BCUT2D eigenvalue weighted by molar-refractivity contribution is 6.08. The number of carbonyl (C=O) groups excluding carboxylic acids is 1. The molecule has 8 heteroatoms. The highest BCUT2D eigenvalue weighted by Crippen LogP contribution is 2.48. The minimum absolute atomic E-state index is 0.104. The first kappa shape index (κ1) is 19.9. The zero-order chi connectivity index (χ0) is 22.4. The standard InChI is InChI=1S/C24H21N3O5/c1-13-25-23(26-32-13)15-9-11-16(12-10-15)27-20(17-5-3-4-6-18(17)31-2)19(22(29)24(27)30)21(28)14-7-8-14/h3-6,9-12,14,29-30H,7-8H2,1-2H3. The van der Waals surface area contributed by atoms with Crippen LogP contribution < -0.4 is 4.74 Å². The van der Waals surface area contributed by atoms with Gasteiger partial charge in [-0.2, -0.15) is 4.98 Å². The maximum Gasteiger partial charge on any atom is 0.240 e. The molecule has 0 saturated heterocycles. The summed E-state index contributed by atoms with van der Waals surface area (Å²) in [6.45, 7) is 1.71. The highest BCUT2D eigenvalue weighted by atomic mass is 16.5. The van der Waals surface area contributed by atoms with Crippen molar-refractivity contribution < 1.29 is 24.3 Å². The second-order valence-electron chi connectivity index (χ2n) is 7.75. The van der Waals surface area contributed by atoms with E-state index >= 15 is 0 Å². The van der Waals surface area contributed by atoms with Gasteiger partial charge < -0.3 is 19.5 Å². The summed E-state index contributed by atoms with van der Waals surface area (Å²) in [6.07, 6.45) is 1.54. The topological polar surface area (TPSA) is 111 Å². The third-order valence-corrected chi connectivity index (χ3v) is 5.59. The lowest BCUT2D eigenvalue weighted by Gasteiger charge is -2.15. The van der Waals surface area contributed by atoms with Gasteiger partial charge in [0.2, 0.25) is 17.6 Å². The van der Waals surface area contributed by atoms with Gasteiger partial charge in [0.15, 0.2) is 11.5 Å². The lowest BCUT2D eigenvalue weighted by atomic mass is 10.0. The maximum absolute atomic E-state index is 13.1. The van der Waals surface area contributed by atoms with Crippen LogP contribution in [0.2, 0.25) is 0 Å². The average Bonchev–Trinajstić information content (AvgIpc) is 3.53. The first-order valence-corrected chi connectivity index (χ1v) is 10.2. The molecule has 4 aromatic rings. The molecule has 0 spiro atoms. The van der Waals surface area contributed by atoms with Crippen molar-refractivity contribution in [3.63, 3.8) is 0 Å². The van der Waals surface area contributed by atoms with Gasteiger partial charge in [-0.15, -0.1) is 0 Å². The smallest absolute Gasteiger partial charge is 0.240 e. The average molecular weight is 431 g/mol. The van der Waals surface area contributed by atoms with E-state index in [1.165, 1.54) is 11.7 Å². The number of benzene rings is 2. The summed E-state index contributed by atoms with van der Waals surface area (Å²) in [7, 11) is 1.54. The molecule has 0 aliphatic heterocycles. The number of hydrogen-bond acceptors (Lipinski definition) is 7. The molecule has 0 unspecified atom stereocenters. The third kappa shape index (κ3) is 3.20. The van der Waals surface area contributed by atoms with Crippen LogP contribution in [0.15, 0.2) is 53.1 Å². The molecule has 0 radical (unpaired) electrons. The van der Waals surface area contributed by atoms with E-state index in [0.29, 0.717) is 34.4 Å². The zero-order valence-corrected chi connectivity index (χ0v) is 17.6. The Morgan fingerprint density at radius 1 is 1.12 bits per heavy atom. The molecule has 162 valence electrons. The molecule has 2 aromatic heterocycles. The SMILES string of the molecule is COc1ccccc1-c1c(C(=O)C2CC2)c(O)c(O)n1-c1ccc(-c2noc(C)n2)cc1. The maximum atomic E-state index is 13.1. The largest absolute Gasteiger partial charge is 0.503 e. The fourth-order valence-corrected chi connectivity index (χ4v) is 3.85. The highest BCUT2D eigenvalue weighted by Gasteiger charge is 2.38. The number of aromatic nitrogens is 3. The number of aryl methyl sites for hydroxylation is 1. The van der Waals surface area contributed by atoms with Crippen molar-refractivity contribution in [1.29, 1.82) is 0 Å². The van der Waals surface area contributed by atoms with Gasteiger partial charge in [-0.05, 0) is 49.2 Å². The first-order valence-electron chi connectivity index (χ1n) is 10.2. The summed E-state index contributed by atoms with van der Waals surface area (Å²) in [5, 5.41) is 25.6. The van der Waals surface area contributed by atoms with Gasteiger partial charge in [0, 0.05) is 29.7 Å². The first-order chi connectivity index (χ1) is 15.5. The van der Waals surface area contributed by atoms with E-state index in [1.54, 1.807) is 43.3 Å². The molecule has 2 aromatic carbocycles. The number of methoxy groups -OCH3 is 1. The van der Waals surface area contributed by atoms with Crippen molar-refractivity contribution in [2.75, 3.05) is 7.11 Å². The van der Waals surface area contributed by atoms with Crippen molar-refractivity contribution in [3.8, 4) is 45.7 Å². The Balaban J connectivity index is 1.71. The fourth-order valence-electron chi connectivity index (χ4n) is 3.85. The summed E-state index contributed by atoms with van der Waals surface area (Å²) in [5.41, 5.74) is 2.37. The van der Waals surface area contributed by atoms with E-state index in [4.69, 9.17) is 9.26 Å². The summed E-state index contributed by atoms with van der Waals surface area (Å²) >= 11 is 0. The number of para-hydroxylation sites is 1. The van der Waals surface area contributed by atoms with Crippen LogP contribution in [0.5, 0.6) is 17.4 Å². The molecule has 0 bridgehead atoms. The Morgan fingerprint density at radius 2 is 1.84 bits per heavy atom. The number of nitrogens with zero attached hydrogens (tertiary/aromatic N) is 3. The molecule has 0 atom stereocenters. The van der Waals surface area contributed by atoms with E-state index in [-0.39, 0.29) is 17.3 Å². The van der Waals surface area contributed by atoms with Gasteiger partial charge in [0.25, 0.3) is 0 Å². The number of aromatic hydroxyl groups is 2. The zero-order valence-electron chi connectivity index (χ0n) is 17.6. The normalized spacial score (nSPS) is 13.3. The number of Topliss-reactive ketones (excluding diaryl/α,β-unsaturated/α-hetero) is 1. The molecule has 0 amide bonds. The van der Waals surface area contributed by atoms with Gasteiger partial charge in [-0.25, -0.2) is 0 Å². The number of rotatable bonds is 6. The Kier molecular flexibility index (Phi) is 4.70. The predicted octanol–water partition coefficient (Wildman–Crippen LogP) is 4.52. The van der Waals surface area contributed by atoms with E-state index in [9.17, 15) is 15.0 Å². The third-order valence-electron chi connectivity index (χ3n) is 5.59. The molecule has 32 heavy (non-hydrogen) atoms. The molecular formula is C24H21N3O5. The predicted molar refractivity (Wildman–Crippen MR) is 116 cm³/mol. The van der Waals surface area contributed by atoms with Gasteiger partial charge in [0.05, 0.1) is 18.4 Å². The molecule has 1 fully saturated rings. The molecular weight excluding hydrogens is 410 g/mol. The molecule has 5 rings (SSSR count). The quantitative estimate of drug-likeness (QED) is 0.432. The molecule has 8 nitrogen and oxygen atoms in total. The molecule has 2 N–H and O–H groups in total. The summed E-state index contributed by atoms with van der Waals surface area (Å²) < 4.78 is 12.0. The molecule has 2 heterocycles. The number of hydrogen-bond donors (Lipinski definition) is 2. The fraction of sp³-hybridized carbons (Fsp3) is 0.208. The molecule has 1 saturated carbocycles. The van der Waals surface area contributed by atoms with Crippen LogP contribution in [0, 0.1) is 12.8 Å². The van der Waals surface area contributed by atoms with Crippen molar-refractivity contribution >= 4 is 5.78 Å². The van der Waals surface area contributed by atoms with Gasteiger partial charge in [0.1, 0.15) is 5.75 Å². The van der Waals surface area contributed by atoms with Gasteiger partial charge in [-0.1, -0.05) is 17.3 Å². The van der Waals surface area contributed by atoms with E-state index < -0.39 is 11.6 Å². The van der Waals surface area contributed by atoms with E-state index in [2.05, 4.69) is 10.1 Å². The lowest BCUT2D eigenvalue weighted by Crippen LogP contribution is -2.06. The van der Waals surface area contributed by atoms with Crippen LogP contribution in [-0.4, -0.2) is 37.8 Å². The Morgan fingerprint density at radius 3 is 2.47 bits per heavy atom. The molecule has 1 aliphatic carbocycles. The van der Waals surface area contributed by atoms with Crippen LogP contribution >= 0.6 is 0 Å². The second kappa shape index (κ2) is 7.56. The Labute approximate surface area is 183 Å². The summed E-state index contributed by atoms with van der Waals surface area (Å²) in [5.74, 6) is 0.264. The minimum Gasteiger partial charge on any atom is -0.503 e. The van der Waals surface area contributed by atoms with Crippen molar-refractivity contribution in [2.24, 2.45) is 5.92 Å². The van der Waals surface area contributed by atoms with Crippen LogP contribution in [-0.2, 0) is 0 Å². The number of ketones is 1. The van der Waals surface area contributed by atoms with Crippen LogP contribution in [0.4, 0.5) is 0 Å². The van der Waals surface area contributed by atoms with Crippen molar-refractivity contribution in [3.05, 3.63) is 60.0 Å². The monoisotopic (exact) mass is 431 g/mol. The van der Waals surface area contributed by atoms with Crippen LogP contribution in [0.25, 0.3) is 28.3 Å². The Hall–Kier alpha value is -4.07. The van der Waals surface area contributed by atoms with Gasteiger partial charge in [-0.3, -0.25) is 9.36 Å². The summed E-state index contributed by atoms with van der Waals surface area (Å²) in [4.78, 5) is 17.3. The van der Waals surface area contributed by atoms with E-state index in [1.807, 2.05) is 12.1 Å². The number of ether oxygens (including phenoxy) is 1. The van der Waals surface area contributed by atoms with Crippen molar-refractivity contribution in [2.45, 2.75) is 19.8 Å². The van der Waals surface area contributed by atoms with Crippen LogP contribution in [0.3, 0.4) is 0 Å². The second-order valence-corrected chi connectivity index (χ2v) is 7.75. The van der Waals surface area contributed by atoms with Crippen LogP contribution in [0.1, 0.15) is 29.1 Å². The minimum atomic E-state index is -0.430. The van der Waals surface area contributed by atoms with Crippen molar-refractivity contribution in [1.82, 2.24) is 14.7 Å². The van der Waals surface area contributed by atoms with E-state index in [0.717, 1.165) is 18.4 Å².